The lowest BCUT2D eigenvalue weighted by atomic mass is 10.1. The monoisotopic (exact) mass is 462 g/mol. The number of phenols is 3. The fourth-order valence-electron chi connectivity index (χ4n) is 4.51. The smallest absolute Gasteiger partial charge is 0.121 e. The molecule has 1 heterocycles. The Morgan fingerprint density at radius 1 is 0.618 bits per heavy atom. The van der Waals surface area contributed by atoms with E-state index in [-0.39, 0.29) is 6.17 Å². The first-order valence-electron chi connectivity index (χ1n) is 11.8. The van der Waals surface area contributed by atoms with Gasteiger partial charge in [-0.2, -0.15) is 0 Å². The van der Waals surface area contributed by atoms with E-state index >= 15 is 0 Å². The number of phenolic OH excluding ortho intramolecular Hbond substituents is 3. The van der Waals surface area contributed by atoms with Gasteiger partial charge in [0.25, 0.3) is 0 Å². The lowest BCUT2D eigenvalue weighted by Gasteiger charge is -2.31. The van der Waals surface area contributed by atoms with Gasteiger partial charge in [-0.15, -0.1) is 0 Å². The summed E-state index contributed by atoms with van der Waals surface area (Å²) < 4.78 is 0. The Kier molecular flexibility index (Phi) is 8.38. The molecule has 0 aromatic heterocycles. The van der Waals surface area contributed by atoms with Crippen molar-refractivity contribution in [2.45, 2.75) is 19.3 Å². The standard InChI is InChI=1S/C27H34N4O3/c32-24-10-4-1-7-21(24)19-28-13-15-30-17-18-31(27(30)23-9-3-6-12-26(23)34)16-14-29-20-22-8-2-5-11-25(22)33/h1-12,27-29,32-34H,13-20H2. The Bertz CT molecular complexity index is 1000. The SMILES string of the molecule is Oc1ccccc1CNCCN1CCN(CCNCc2ccccc2O)C1c1ccccc1O. The van der Waals surface area contributed by atoms with Crippen molar-refractivity contribution in [2.75, 3.05) is 39.3 Å². The highest BCUT2D eigenvalue weighted by atomic mass is 16.3. The van der Waals surface area contributed by atoms with Gasteiger partial charge in [0, 0.05) is 69.0 Å². The van der Waals surface area contributed by atoms with Gasteiger partial charge in [0.15, 0.2) is 0 Å². The van der Waals surface area contributed by atoms with Crippen molar-refractivity contribution in [3.63, 3.8) is 0 Å². The number of benzene rings is 3. The molecule has 4 rings (SSSR count). The summed E-state index contributed by atoms with van der Waals surface area (Å²) in [6, 6.07) is 22.3. The Hall–Kier alpha value is -3.10. The van der Waals surface area contributed by atoms with Crippen LogP contribution >= 0.6 is 0 Å². The summed E-state index contributed by atoms with van der Waals surface area (Å²) in [6.45, 7) is 6.26. The molecule has 180 valence electrons. The van der Waals surface area contributed by atoms with Crippen molar-refractivity contribution in [3.8, 4) is 17.2 Å². The predicted molar refractivity (Wildman–Crippen MR) is 134 cm³/mol. The van der Waals surface area contributed by atoms with Gasteiger partial charge in [0.2, 0.25) is 0 Å². The first-order chi connectivity index (χ1) is 16.6. The van der Waals surface area contributed by atoms with E-state index < -0.39 is 0 Å². The maximum Gasteiger partial charge on any atom is 0.121 e. The lowest BCUT2D eigenvalue weighted by Crippen LogP contribution is -2.37. The van der Waals surface area contributed by atoms with E-state index in [1.165, 1.54) is 0 Å². The summed E-state index contributed by atoms with van der Waals surface area (Å²) in [7, 11) is 0. The van der Waals surface area contributed by atoms with Crippen molar-refractivity contribution in [1.29, 1.82) is 0 Å². The molecule has 0 saturated carbocycles. The molecular formula is C27H34N4O3. The Labute approximate surface area is 201 Å². The summed E-state index contributed by atoms with van der Waals surface area (Å²) in [5.41, 5.74) is 2.69. The van der Waals surface area contributed by atoms with E-state index in [1.54, 1.807) is 18.2 Å². The topological polar surface area (TPSA) is 91.2 Å². The van der Waals surface area contributed by atoms with Crippen LogP contribution in [-0.4, -0.2) is 64.4 Å². The van der Waals surface area contributed by atoms with Gasteiger partial charge in [0.1, 0.15) is 17.2 Å². The molecule has 0 unspecified atom stereocenters. The molecule has 0 aliphatic carbocycles. The molecule has 0 radical (unpaired) electrons. The molecule has 0 atom stereocenters. The molecule has 7 heteroatoms. The van der Waals surface area contributed by atoms with Gasteiger partial charge in [-0.1, -0.05) is 54.6 Å². The largest absolute Gasteiger partial charge is 0.508 e. The fraction of sp³-hybridized carbons (Fsp3) is 0.333. The zero-order chi connectivity index (χ0) is 23.8. The van der Waals surface area contributed by atoms with Crippen LogP contribution in [0.2, 0.25) is 0 Å². The number of para-hydroxylation sites is 3. The highest BCUT2D eigenvalue weighted by molar-refractivity contribution is 5.35. The number of nitrogens with zero attached hydrogens (tertiary/aromatic N) is 2. The molecule has 1 fully saturated rings. The van der Waals surface area contributed by atoms with Crippen LogP contribution < -0.4 is 10.6 Å². The molecule has 7 nitrogen and oxygen atoms in total. The van der Waals surface area contributed by atoms with Crippen molar-refractivity contribution in [2.24, 2.45) is 0 Å². The fourth-order valence-corrected chi connectivity index (χ4v) is 4.51. The second-order valence-electron chi connectivity index (χ2n) is 8.62. The average molecular weight is 463 g/mol. The summed E-state index contributed by atoms with van der Waals surface area (Å²) in [5.74, 6) is 0.935. The van der Waals surface area contributed by atoms with Crippen LogP contribution in [0.1, 0.15) is 22.9 Å². The third-order valence-corrected chi connectivity index (χ3v) is 6.35. The number of nitrogens with one attached hydrogen (secondary N) is 2. The third-order valence-electron chi connectivity index (χ3n) is 6.35. The van der Waals surface area contributed by atoms with Gasteiger partial charge in [-0.05, 0) is 18.2 Å². The van der Waals surface area contributed by atoms with E-state index in [0.29, 0.717) is 30.3 Å². The van der Waals surface area contributed by atoms with E-state index in [9.17, 15) is 15.3 Å². The maximum atomic E-state index is 10.6. The second kappa shape index (κ2) is 11.9. The Morgan fingerprint density at radius 2 is 1.06 bits per heavy atom. The molecule has 1 saturated heterocycles. The third kappa shape index (κ3) is 6.07. The van der Waals surface area contributed by atoms with Gasteiger partial charge in [-0.25, -0.2) is 0 Å². The van der Waals surface area contributed by atoms with E-state index in [0.717, 1.165) is 56.0 Å². The number of rotatable bonds is 11. The average Bonchev–Trinajstić information content (AvgIpc) is 3.24. The minimum atomic E-state index is 0.0000520. The van der Waals surface area contributed by atoms with Gasteiger partial charge < -0.3 is 26.0 Å². The number of hydrogen-bond donors (Lipinski definition) is 5. The molecule has 0 spiro atoms. The second-order valence-corrected chi connectivity index (χ2v) is 8.62. The Morgan fingerprint density at radius 3 is 1.53 bits per heavy atom. The van der Waals surface area contributed by atoms with Crippen LogP contribution in [0.4, 0.5) is 0 Å². The molecule has 0 bridgehead atoms. The maximum absolute atomic E-state index is 10.6. The molecule has 3 aromatic carbocycles. The summed E-state index contributed by atoms with van der Waals surface area (Å²) >= 11 is 0. The molecule has 3 aromatic rings. The summed E-state index contributed by atoms with van der Waals surface area (Å²) in [4.78, 5) is 4.77. The van der Waals surface area contributed by atoms with Crippen LogP contribution in [0.3, 0.4) is 0 Å². The van der Waals surface area contributed by atoms with Crippen LogP contribution in [0.5, 0.6) is 17.2 Å². The number of aromatic hydroxyl groups is 3. The van der Waals surface area contributed by atoms with Crippen molar-refractivity contribution in [1.82, 2.24) is 20.4 Å². The van der Waals surface area contributed by atoms with E-state index in [2.05, 4.69) is 20.4 Å². The Balaban J connectivity index is 1.33. The zero-order valence-corrected chi connectivity index (χ0v) is 19.4. The lowest BCUT2D eigenvalue weighted by molar-refractivity contribution is 0.135. The molecule has 34 heavy (non-hydrogen) atoms. The van der Waals surface area contributed by atoms with E-state index in [4.69, 9.17) is 0 Å². The first-order valence-corrected chi connectivity index (χ1v) is 11.8. The molecule has 5 N–H and O–H groups in total. The molecule has 0 amide bonds. The summed E-state index contributed by atoms with van der Waals surface area (Å²) in [6.07, 6.45) is 0.0000520. The van der Waals surface area contributed by atoms with Crippen molar-refractivity contribution in [3.05, 3.63) is 89.5 Å². The highest BCUT2D eigenvalue weighted by Gasteiger charge is 2.33. The van der Waals surface area contributed by atoms with Crippen LogP contribution in [0.25, 0.3) is 0 Å². The normalized spacial score (nSPS) is 15.2. The van der Waals surface area contributed by atoms with Gasteiger partial charge in [0.05, 0.1) is 6.17 Å². The zero-order valence-electron chi connectivity index (χ0n) is 19.4. The first kappa shape index (κ1) is 24.0. The van der Waals surface area contributed by atoms with Crippen LogP contribution in [-0.2, 0) is 13.1 Å². The van der Waals surface area contributed by atoms with Crippen LogP contribution in [0.15, 0.2) is 72.8 Å². The van der Waals surface area contributed by atoms with Crippen molar-refractivity contribution < 1.29 is 15.3 Å². The minimum Gasteiger partial charge on any atom is -0.508 e. The molecular weight excluding hydrogens is 428 g/mol. The molecule has 1 aliphatic rings. The number of hydrogen-bond acceptors (Lipinski definition) is 7. The quantitative estimate of drug-likeness (QED) is 0.280. The summed E-state index contributed by atoms with van der Waals surface area (Å²) in [5, 5.41) is 37.4. The minimum absolute atomic E-state index is 0.0000520. The van der Waals surface area contributed by atoms with E-state index in [1.807, 2.05) is 54.6 Å². The van der Waals surface area contributed by atoms with Gasteiger partial charge in [-0.3, -0.25) is 9.80 Å². The molecule has 1 aliphatic heterocycles. The highest BCUT2D eigenvalue weighted by Crippen LogP contribution is 2.34. The van der Waals surface area contributed by atoms with Gasteiger partial charge >= 0.3 is 0 Å². The van der Waals surface area contributed by atoms with Crippen LogP contribution in [0, 0.1) is 0 Å². The predicted octanol–water partition coefficient (Wildman–Crippen LogP) is 3.00. The van der Waals surface area contributed by atoms with Crippen molar-refractivity contribution >= 4 is 0 Å².